The quantitative estimate of drug-likeness (QED) is 0.204. The first-order chi connectivity index (χ1) is 18.1. The van der Waals surface area contributed by atoms with Crippen LogP contribution in [0.2, 0.25) is 0 Å². The van der Waals surface area contributed by atoms with Crippen molar-refractivity contribution in [2.45, 2.75) is 12.5 Å². The Hall–Kier alpha value is -3.75. The van der Waals surface area contributed by atoms with Crippen molar-refractivity contribution in [3.63, 3.8) is 0 Å². The SMILES string of the molecule is O=C(c1ccc(Br)o1)N1N=C(c2ccc(Br)cc2)C[C@H]1c1nn(-c2ccccc2)cc1-c1ccccc1. The van der Waals surface area contributed by atoms with Crippen molar-refractivity contribution in [3.8, 4) is 16.8 Å². The maximum absolute atomic E-state index is 13.7. The van der Waals surface area contributed by atoms with Gasteiger partial charge in [-0.05, 0) is 63.5 Å². The molecule has 0 saturated carbocycles. The average Bonchev–Trinajstić information content (AvgIpc) is 3.68. The Bertz CT molecular complexity index is 1590. The number of carbonyl (C=O) groups is 1. The van der Waals surface area contributed by atoms with Gasteiger partial charge in [-0.15, -0.1) is 0 Å². The van der Waals surface area contributed by atoms with E-state index in [1.165, 1.54) is 5.01 Å². The zero-order chi connectivity index (χ0) is 25.4. The van der Waals surface area contributed by atoms with Crippen LogP contribution in [0.1, 0.15) is 34.3 Å². The first-order valence-electron chi connectivity index (χ1n) is 11.7. The smallest absolute Gasteiger partial charge is 0.310 e. The highest BCUT2D eigenvalue weighted by molar-refractivity contribution is 9.10. The first kappa shape index (κ1) is 23.6. The van der Waals surface area contributed by atoms with Crippen LogP contribution >= 0.6 is 31.9 Å². The van der Waals surface area contributed by atoms with Crippen LogP contribution in [0.5, 0.6) is 0 Å². The molecule has 1 atom stereocenters. The van der Waals surface area contributed by atoms with E-state index >= 15 is 0 Å². The van der Waals surface area contributed by atoms with Crippen molar-refractivity contribution < 1.29 is 9.21 Å². The summed E-state index contributed by atoms with van der Waals surface area (Å²) in [7, 11) is 0. The van der Waals surface area contributed by atoms with Gasteiger partial charge in [0.2, 0.25) is 0 Å². The molecule has 0 spiro atoms. The predicted octanol–water partition coefficient (Wildman–Crippen LogP) is 7.65. The number of para-hydroxylation sites is 1. The van der Waals surface area contributed by atoms with Gasteiger partial charge in [0.25, 0.3) is 0 Å². The van der Waals surface area contributed by atoms with Gasteiger partial charge in [0.15, 0.2) is 10.4 Å². The molecule has 6 rings (SSSR count). The monoisotopic (exact) mass is 614 g/mol. The minimum atomic E-state index is -0.421. The van der Waals surface area contributed by atoms with Crippen molar-refractivity contribution >= 4 is 43.5 Å². The van der Waals surface area contributed by atoms with E-state index in [0.29, 0.717) is 11.1 Å². The highest BCUT2D eigenvalue weighted by Gasteiger charge is 2.38. The molecule has 37 heavy (non-hydrogen) atoms. The van der Waals surface area contributed by atoms with E-state index in [4.69, 9.17) is 14.6 Å². The number of nitrogens with zero attached hydrogens (tertiary/aromatic N) is 4. The fourth-order valence-electron chi connectivity index (χ4n) is 4.46. The molecule has 1 aliphatic rings. The van der Waals surface area contributed by atoms with E-state index in [-0.39, 0.29) is 11.7 Å². The summed E-state index contributed by atoms with van der Waals surface area (Å²) >= 11 is 6.80. The summed E-state index contributed by atoms with van der Waals surface area (Å²) in [6.45, 7) is 0. The molecular weight excluding hydrogens is 596 g/mol. The molecule has 0 bridgehead atoms. The molecule has 0 radical (unpaired) electrons. The molecule has 182 valence electrons. The number of rotatable bonds is 5. The van der Waals surface area contributed by atoms with Gasteiger partial charge in [-0.25, -0.2) is 9.69 Å². The molecule has 5 aromatic rings. The van der Waals surface area contributed by atoms with Crippen LogP contribution in [0, 0.1) is 0 Å². The van der Waals surface area contributed by atoms with E-state index in [0.717, 1.165) is 38.3 Å². The maximum atomic E-state index is 13.7. The Morgan fingerprint density at radius 2 is 1.54 bits per heavy atom. The van der Waals surface area contributed by atoms with Crippen molar-refractivity contribution in [3.05, 3.63) is 129 Å². The van der Waals surface area contributed by atoms with Gasteiger partial charge in [0.05, 0.1) is 17.1 Å². The van der Waals surface area contributed by atoms with Crippen LogP contribution < -0.4 is 0 Å². The molecule has 8 heteroatoms. The van der Waals surface area contributed by atoms with Gasteiger partial charge in [-0.2, -0.15) is 10.2 Å². The number of benzene rings is 3. The number of hydrogen-bond donors (Lipinski definition) is 0. The van der Waals surface area contributed by atoms with E-state index in [1.54, 1.807) is 12.1 Å². The lowest BCUT2D eigenvalue weighted by Crippen LogP contribution is -2.27. The molecule has 1 amide bonds. The van der Waals surface area contributed by atoms with Gasteiger partial charge in [0.1, 0.15) is 6.04 Å². The second-order valence-electron chi connectivity index (χ2n) is 8.60. The summed E-state index contributed by atoms with van der Waals surface area (Å²) in [6.07, 6.45) is 2.53. The predicted molar refractivity (Wildman–Crippen MR) is 150 cm³/mol. The molecule has 0 unspecified atom stereocenters. The second kappa shape index (κ2) is 9.95. The van der Waals surface area contributed by atoms with Crippen molar-refractivity contribution in [1.29, 1.82) is 0 Å². The Morgan fingerprint density at radius 1 is 0.838 bits per heavy atom. The Morgan fingerprint density at radius 3 is 2.22 bits per heavy atom. The van der Waals surface area contributed by atoms with Gasteiger partial charge >= 0.3 is 5.91 Å². The zero-order valence-electron chi connectivity index (χ0n) is 19.5. The molecule has 1 aliphatic heterocycles. The Labute approximate surface area is 230 Å². The lowest BCUT2D eigenvalue weighted by Gasteiger charge is -2.20. The third-order valence-corrected chi connectivity index (χ3v) is 7.20. The summed E-state index contributed by atoms with van der Waals surface area (Å²) in [6, 6.07) is 30.9. The minimum Gasteiger partial charge on any atom is -0.444 e. The molecule has 0 aliphatic carbocycles. The average molecular weight is 616 g/mol. The van der Waals surface area contributed by atoms with E-state index in [2.05, 4.69) is 44.0 Å². The minimum absolute atomic E-state index is 0.210. The van der Waals surface area contributed by atoms with Gasteiger partial charge in [-0.3, -0.25) is 4.79 Å². The summed E-state index contributed by atoms with van der Waals surface area (Å²) in [5, 5.41) is 11.3. The molecule has 3 aromatic carbocycles. The summed E-state index contributed by atoms with van der Waals surface area (Å²) in [5.74, 6) is -0.113. The zero-order valence-corrected chi connectivity index (χ0v) is 22.6. The highest BCUT2D eigenvalue weighted by atomic mass is 79.9. The van der Waals surface area contributed by atoms with E-state index < -0.39 is 6.04 Å². The molecule has 0 N–H and O–H groups in total. The second-order valence-corrected chi connectivity index (χ2v) is 10.3. The van der Waals surface area contributed by atoms with Crippen molar-refractivity contribution in [2.24, 2.45) is 5.10 Å². The molecule has 6 nitrogen and oxygen atoms in total. The third-order valence-electron chi connectivity index (χ3n) is 6.24. The lowest BCUT2D eigenvalue weighted by molar-refractivity contribution is 0.0674. The number of hydrazone groups is 1. The number of carbonyl (C=O) groups excluding carboxylic acids is 1. The fourth-order valence-corrected chi connectivity index (χ4v) is 5.03. The van der Waals surface area contributed by atoms with Gasteiger partial charge < -0.3 is 4.42 Å². The summed E-state index contributed by atoms with van der Waals surface area (Å²) in [5.41, 5.74) is 5.43. The molecule has 2 aromatic heterocycles. The van der Waals surface area contributed by atoms with Crippen LogP contribution in [0.15, 0.2) is 122 Å². The first-order valence-corrected chi connectivity index (χ1v) is 13.3. The van der Waals surface area contributed by atoms with Crippen LogP contribution in [0.4, 0.5) is 0 Å². The number of halogens is 2. The van der Waals surface area contributed by atoms with E-state index in [9.17, 15) is 4.79 Å². The van der Waals surface area contributed by atoms with Crippen LogP contribution in [-0.4, -0.2) is 26.4 Å². The van der Waals surface area contributed by atoms with E-state index in [1.807, 2.05) is 83.7 Å². The number of amides is 1. The lowest BCUT2D eigenvalue weighted by atomic mass is 9.97. The normalized spacial score (nSPS) is 15.1. The molecular formula is C29H20Br2N4O2. The van der Waals surface area contributed by atoms with Gasteiger partial charge in [0, 0.05) is 22.7 Å². The van der Waals surface area contributed by atoms with Crippen LogP contribution in [0.25, 0.3) is 16.8 Å². The van der Waals surface area contributed by atoms with Crippen molar-refractivity contribution in [2.75, 3.05) is 0 Å². The van der Waals surface area contributed by atoms with Crippen LogP contribution in [0.3, 0.4) is 0 Å². The number of hydrogen-bond acceptors (Lipinski definition) is 4. The number of furan rings is 1. The summed E-state index contributed by atoms with van der Waals surface area (Å²) < 4.78 is 8.94. The Balaban J connectivity index is 1.48. The molecule has 0 fully saturated rings. The largest absolute Gasteiger partial charge is 0.444 e. The van der Waals surface area contributed by atoms with Crippen LogP contribution in [-0.2, 0) is 0 Å². The maximum Gasteiger partial charge on any atom is 0.310 e. The third kappa shape index (κ3) is 4.70. The van der Waals surface area contributed by atoms with Crippen molar-refractivity contribution in [1.82, 2.24) is 14.8 Å². The standard InChI is InChI=1S/C29H20Br2N4O2/c30-21-13-11-20(12-14-21)24-17-25(35(32-24)29(36)26-15-16-27(31)37-26)28-23(19-7-3-1-4-8-19)18-34(33-28)22-9-5-2-6-10-22/h1-16,18,25H,17H2/t25-/m0/s1. The Kier molecular flexibility index (Phi) is 6.36. The topological polar surface area (TPSA) is 63.6 Å². The summed E-state index contributed by atoms with van der Waals surface area (Å²) in [4.78, 5) is 13.7. The van der Waals surface area contributed by atoms with Gasteiger partial charge in [-0.1, -0.05) is 76.6 Å². The number of aromatic nitrogens is 2. The molecule has 3 heterocycles. The molecule has 0 saturated heterocycles. The fraction of sp³-hybridized carbons (Fsp3) is 0.0690. The highest BCUT2D eigenvalue weighted by Crippen LogP contribution is 2.39.